The number of esters is 4. The maximum atomic E-state index is 12.5. The fraction of sp³-hybridized carbons (Fsp3) is 0.400. The molecule has 25 heteroatoms. The third kappa shape index (κ3) is 24.8. The van der Waals surface area contributed by atoms with Crippen LogP contribution in [0.2, 0.25) is 0 Å². The second-order valence-electron chi connectivity index (χ2n) is 16.0. The summed E-state index contributed by atoms with van der Waals surface area (Å²) in [5.41, 5.74) is 0.678. The molecule has 22 nitrogen and oxygen atoms in total. The van der Waals surface area contributed by atoms with Crippen LogP contribution in [0.1, 0.15) is 54.3 Å². The van der Waals surface area contributed by atoms with Crippen molar-refractivity contribution in [3.8, 4) is 0 Å². The number of phosphoric acid groups is 2. The van der Waals surface area contributed by atoms with E-state index in [1.807, 2.05) is 0 Å². The van der Waals surface area contributed by atoms with Crippen LogP contribution in [0.15, 0.2) is 98.1 Å². The first-order valence-corrected chi connectivity index (χ1v) is 22.2. The maximum Gasteiger partial charge on any atom is 2.00 e. The van der Waals surface area contributed by atoms with Crippen LogP contribution < -0.4 is 19.6 Å². The Morgan fingerprint density at radius 3 is 1.02 bits per heavy atom. The predicted octanol–water partition coefficient (Wildman–Crippen LogP) is -0.0424. The molecule has 4 aromatic heterocycles. The van der Waals surface area contributed by atoms with Gasteiger partial charge in [-0.3, -0.25) is 19.9 Å². The molecule has 0 saturated heterocycles. The van der Waals surface area contributed by atoms with Crippen LogP contribution in [0.25, 0.3) is 0 Å². The molecule has 0 aromatic carbocycles. The number of hydrogen-bond acceptors (Lipinski definition) is 20. The molecule has 0 saturated carbocycles. The van der Waals surface area contributed by atoms with E-state index < -0.39 is 77.2 Å². The van der Waals surface area contributed by atoms with E-state index in [0.717, 1.165) is 0 Å². The molecule has 348 valence electrons. The van der Waals surface area contributed by atoms with E-state index >= 15 is 0 Å². The van der Waals surface area contributed by atoms with Gasteiger partial charge in [0.2, 0.25) is 0 Å². The SMILES string of the molecule is C[N+](C)(C)CC(CC(COC(=O)c1cccnc1)OC(=O)c1cccnc1)OP(=O)([O-])[O-].C[N+](C)(C)CC(CC(COC(=O)c1cccnc1)OC(=O)c1cccnc1)OP(=O)([O-])[O-].[Ca+2]. The van der Waals surface area contributed by atoms with E-state index in [4.69, 9.17) is 28.0 Å². The van der Waals surface area contributed by atoms with Crippen molar-refractivity contribution in [2.24, 2.45) is 0 Å². The van der Waals surface area contributed by atoms with Gasteiger partial charge < -0.3 is 65.7 Å². The molecule has 0 fully saturated rings. The van der Waals surface area contributed by atoms with Gasteiger partial charge in [-0.15, -0.1) is 0 Å². The molecule has 4 heterocycles. The van der Waals surface area contributed by atoms with Crippen LogP contribution in [0.5, 0.6) is 0 Å². The Hall–Kier alpha value is -4.12. The van der Waals surface area contributed by atoms with E-state index in [-0.39, 0.29) is 94.9 Å². The summed E-state index contributed by atoms with van der Waals surface area (Å²) in [6.07, 6.45) is 6.36. The second-order valence-corrected chi connectivity index (χ2v) is 18.2. The zero-order valence-corrected chi connectivity index (χ0v) is 40.6. The van der Waals surface area contributed by atoms with Crippen LogP contribution in [0.3, 0.4) is 0 Å². The second kappa shape index (κ2) is 26.9. The number of hydrogen-bond donors (Lipinski definition) is 0. The molecule has 0 aliphatic carbocycles. The summed E-state index contributed by atoms with van der Waals surface area (Å²) < 4.78 is 53.7. The van der Waals surface area contributed by atoms with Crippen LogP contribution in [-0.2, 0) is 37.1 Å². The van der Waals surface area contributed by atoms with Crippen LogP contribution in [-0.4, -0.2) is 184 Å². The molecule has 0 N–H and O–H groups in total. The van der Waals surface area contributed by atoms with Crippen molar-refractivity contribution in [1.82, 2.24) is 19.9 Å². The predicted molar refractivity (Wildman–Crippen MR) is 222 cm³/mol. The third-order valence-corrected chi connectivity index (χ3v) is 9.16. The van der Waals surface area contributed by atoms with Crippen molar-refractivity contribution < 1.29 is 84.8 Å². The smallest absolute Gasteiger partial charge is 0.790 e. The Morgan fingerprint density at radius 2 is 0.785 bits per heavy atom. The van der Waals surface area contributed by atoms with Crippen molar-refractivity contribution in [3.63, 3.8) is 0 Å². The number of rotatable bonds is 22. The number of carbonyl (C=O) groups excluding carboxylic acids is 4. The van der Waals surface area contributed by atoms with E-state index in [9.17, 15) is 47.9 Å². The number of quaternary nitrogens is 2. The number of pyridine rings is 4. The third-order valence-electron chi connectivity index (χ3n) is 8.05. The molecule has 0 radical (unpaired) electrons. The first-order chi connectivity index (χ1) is 29.9. The number of nitrogens with zero attached hydrogens (tertiary/aromatic N) is 6. The zero-order valence-electron chi connectivity index (χ0n) is 36.6. The standard InChI is InChI=1S/2C20H26N3O8P.Ca/c2*1-23(2,3)13-17(31-32(26,27)28)10-18(30-20(25)16-7-5-9-22-12-16)14-29-19(24)15-6-4-8-21-11-15;/h2*4-9,11-12,17-18H,10,13-14H2,1-3H3,(H-,26,27,28);/q;;+2/p-2. The minimum atomic E-state index is -5.32. The normalized spacial score (nSPS) is 13.6. The van der Waals surface area contributed by atoms with Gasteiger partial charge in [-0.05, 0) is 48.5 Å². The summed E-state index contributed by atoms with van der Waals surface area (Å²) in [6.45, 7) is -0.546. The quantitative estimate of drug-likeness (QED) is 0.0328. The minimum Gasteiger partial charge on any atom is -0.790 e. The summed E-state index contributed by atoms with van der Waals surface area (Å²) in [5.74, 6) is -2.92. The van der Waals surface area contributed by atoms with Gasteiger partial charge in [-0.1, -0.05) is 0 Å². The summed E-state index contributed by atoms with van der Waals surface area (Å²) in [6, 6.07) is 12.2. The number of ether oxygens (including phenoxy) is 4. The molecule has 65 heavy (non-hydrogen) atoms. The zero-order chi connectivity index (χ0) is 47.6. The molecule has 0 amide bonds. The van der Waals surface area contributed by atoms with Crippen molar-refractivity contribution in [2.45, 2.75) is 37.3 Å². The summed E-state index contributed by atoms with van der Waals surface area (Å²) in [7, 11) is 0.00530. The number of likely N-dealkylation sites (N-methyl/N-ethyl adjacent to an activating group) is 2. The maximum absolute atomic E-state index is 12.5. The Balaban J connectivity index is 0.000000440. The van der Waals surface area contributed by atoms with Gasteiger partial charge in [0.05, 0.1) is 80.2 Å². The van der Waals surface area contributed by atoms with Crippen molar-refractivity contribution in [2.75, 3.05) is 68.6 Å². The number of aromatic nitrogens is 4. The van der Waals surface area contributed by atoms with Crippen molar-refractivity contribution in [1.29, 1.82) is 0 Å². The average Bonchev–Trinajstić information content (AvgIpc) is 3.20. The molecule has 4 unspecified atom stereocenters. The molecule has 4 atom stereocenters. The molecule has 0 aliphatic heterocycles. The molecule has 4 aromatic rings. The van der Waals surface area contributed by atoms with Gasteiger partial charge in [0.1, 0.15) is 50.7 Å². The Kier molecular flexibility index (Phi) is 23.6. The van der Waals surface area contributed by atoms with Gasteiger partial charge in [0, 0.05) is 62.4 Å². The monoisotopic (exact) mass is 972 g/mol. The van der Waals surface area contributed by atoms with Gasteiger partial charge in [0.15, 0.2) is 0 Å². The van der Waals surface area contributed by atoms with E-state index in [1.165, 1.54) is 73.8 Å². The van der Waals surface area contributed by atoms with Crippen molar-refractivity contribution >= 4 is 77.3 Å². The van der Waals surface area contributed by atoms with Crippen molar-refractivity contribution in [3.05, 3.63) is 120 Å². The Bertz CT molecular complexity index is 2020. The van der Waals surface area contributed by atoms with Crippen LogP contribution >= 0.6 is 15.6 Å². The summed E-state index contributed by atoms with van der Waals surface area (Å²) in [4.78, 5) is 110. The number of carbonyl (C=O) groups is 4. The topological polar surface area (TPSA) is 302 Å². The molecule has 0 aliphatic rings. The summed E-state index contributed by atoms with van der Waals surface area (Å²) in [5, 5.41) is 0. The molecular formula is C40H50CaN6O16P2. The fourth-order valence-corrected chi connectivity index (χ4v) is 6.69. The molecule has 0 bridgehead atoms. The first kappa shape index (κ1) is 57.0. The van der Waals surface area contributed by atoms with Gasteiger partial charge in [-0.25, -0.2) is 19.2 Å². The number of phosphoric ester groups is 2. The van der Waals surface area contributed by atoms with Gasteiger partial charge in [-0.2, -0.15) is 0 Å². The van der Waals surface area contributed by atoms with Crippen LogP contribution in [0.4, 0.5) is 0 Å². The fourth-order valence-electron chi connectivity index (χ4n) is 5.65. The molecular weight excluding hydrogens is 922 g/mol. The van der Waals surface area contributed by atoms with Gasteiger partial charge >= 0.3 is 61.6 Å². The Morgan fingerprint density at radius 1 is 0.508 bits per heavy atom. The minimum absolute atomic E-state index is 0. The largest absolute Gasteiger partial charge is 2.00 e. The first-order valence-electron chi connectivity index (χ1n) is 19.2. The Labute approximate surface area is 405 Å². The average molecular weight is 973 g/mol. The van der Waals surface area contributed by atoms with E-state index in [2.05, 4.69) is 19.9 Å². The summed E-state index contributed by atoms with van der Waals surface area (Å²) >= 11 is 0. The molecule has 4 rings (SSSR count). The van der Waals surface area contributed by atoms with E-state index in [1.54, 1.807) is 66.6 Å². The van der Waals surface area contributed by atoms with E-state index in [0.29, 0.717) is 0 Å². The molecule has 0 spiro atoms. The van der Waals surface area contributed by atoms with Crippen LogP contribution in [0, 0.1) is 0 Å². The van der Waals surface area contributed by atoms with Gasteiger partial charge in [0.25, 0.3) is 0 Å².